The van der Waals surface area contributed by atoms with Gasteiger partial charge in [-0.2, -0.15) is 9.61 Å². The second-order valence-corrected chi connectivity index (χ2v) is 8.61. The first-order valence-corrected chi connectivity index (χ1v) is 11.2. The first kappa shape index (κ1) is 20.3. The minimum Gasteiger partial charge on any atom is -0.507 e. The molecule has 2 N–H and O–H groups in total. The Labute approximate surface area is 183 Å². The van der Waals surface area contributed by atoms with Crippen LogP contribution in [0.2, 0.25) is 0 Å². The van der Waals surface area contributed by atoms with Gasteiger partial charge in [0.05, 0.1) is 5.69 Å². The third-order valence-electron chi connectivity index (χ3n) is 6.51. The summed E-state index contributed by atoms with van der Waals surface area (Å²) in [6, 6.07) is 9.81. The monoisotopic (exact) mass is 417 g/mol. The van der Waals surface area contributed by atoms with Crippen molar-refractivity contribution in [2.45, 2.75) is 31.7 Å². The van der Waals surface area contributed by atoms with E-state index in [-0.39, 0.29) is 5.75 Å². The Morgan fingerprint density at radius 1 is 1.19 bits per heavy atom. The lowest BCUT2D eigenvalue weighted by atomic mass is 9.94. The van der Waals surface area contributed by atoms with Gasteiger partial charge in [0, 0.05) is 50.2 Å². The molecule has 1 unspecified atom stereocenters. The van der Waals surface area contributed by atoms with E-state index in [9.17, 15) is 5.11 Å². The molecule has 2 saturated heterocycles. The number of likely N-dealkylation sites (tertiary alicyclic amines) is 1. The Bertz CT molecular complexity index is 1050. The van der Waals surface area contributed by atoms with E-state index in [0.29, 0.717) is 34.3 Å². The number of anilines is 1. The Hall–Kier alpha value is -2.58. The van der Waals surface area contributed by atoms with Crippen molar-refractivity contribution in [2.24, 2.45) is 5.92 Å². The van der Waals surface area contributed by atoms with E-state index in [1.165, 1.54) is 19.4 Å². The summed E-state index contributed by atoms with van der Waals surface area (Å²) in [6.07, 6.45) is 6.35. The van der Waals surface area contributed by atoms with Crippen LogP contribution in [-0.4, -0.2) is 71.3 Å². The summed E-state index contributed by atoms with van der Waals surface area (Å²) in [4.78, 5) is 7.30. The number of fused-ring (bicyclic) bond motifs is 1. The molecule has 1 atom stereocenters. The van der Waals surface area contributed by atoms with Gasteiger partial charge in [0.15, 0.2) is 5.65 Å². The molecular formula is C23H28BN5O2. The SMILES string of the molecule is [B]c1cnn2c(NCC3CCCN(C4CCOCC4)C3)cc(-c3ccccc3O)nc12. The lowest BCUT2D eigenvalue weighted by molar-refractivity contribution is 0.0190. The largest absolute Gasteiger partial charge is 0.507 e. The van der Waals surface area contributed by atoms with Gasteiger partial charge < -0.3 is 15.2 Å². The van der Waals surface area contributed by atoms with Crippen LogP contribution in [0.15, 0.2) is 36.5 Å². The molecule has 4 heterocycles. The standard InChI is InChI=1S/C23H28BN5O2/c24-19-14-26-29-22(12-20(27-23(19)29)18-5-1-2-6-21(18)30)25-13-16-4-3-9-28(15-16)17-7-10-31-11-8-17/h1-2,5-6,12,14,16-17,25,30H,3-4,7-11,13,15H2. The van der Waals surface area contributed by atoms with Crippen LogP contribution in [0.4, 0.5) is 5.82 Å². The van der Waals surface area contributed by atoms with E-state index in [2.05, 4.69) is 20.3 Å². The van der Waals surface area contributed by atoms with Gasteiger partial charge in [0.2, 0.25) is 0 Å². The van der Waals surface area contributed by atoms with Gasteiger partial charge in [-0.1, -0.05) is 12.1 Å². The van der Waals surface area contributed by atoms with Crippen molar-refractivity contribution >= 4 is 24.8 Å². The Morgan fingerprint density at radius 3 is 2.87 bits per heavy atom. The number of piperidine rings is 1. The summed E-state index contributed by atoms with van der Waals surface area (Å²) >= 11 is 0. The van der Waals surface area contributed by atoms with Crippen LogP contribution in [0.3, 0.4) is 0 Å². The molecule has 5 rings (SSSR count). The topological polar surface area (TPSA) is 74.9 Å². The second-order valence-electron chi connectivity index (χ2n) is 8.61. The van der Waals surface area contributed by atoms with Crippen molar-refractivity contribution in [3.8, 4) is 17.0 Å². The first-order chi connectivity index (χ1) is 15.2. The van der Waals surface area contributed by atoms with Gasteiger partial charge in [0.1, 0.15) is 19.4 Å². The molecule has 2 aliphatic heterocycles. The molecule has 7 nitrogen and oxygen atoms in total. The maximum atomic E-state index is 10.3. The quantitative estimate of drug-likeness (QED) is 0.620. The maximum absolute atomic E-state index is 10.3. The molecule has 31 heavy (non-hydrogen) atoms. The van der Waals surface area contributed by atoms with Crippen molar-refractivity contribution in [1.29, 1.82) is 0 Å². The van der Waals surface area contributed by atoms with Gasteiger partial charge in [-0.25, -0.2) is 4.98 Å². The second kappa shape index (κ2) is 8.89. The Kier molecular flexibility index (Phi) is 5.83. The van der Waals surface area contributed by atoms with Crippen molar-refractivity contribution in [2.75, 3.05) is 38.2 Å². The van der Waals surface area contributed by atoms with Gasteiger partial charge in [-0.05, 0) is 55.7 Å². The summed E-state index contributed by atoms with van der Waals surface area (Å²) in [6.45, 7) is 4.93. The molecule has 2 radical (unpaired) electrons. The fourth-order valence-electron chi connectivity index (χ4n) is 4.83. The number of aromatic hydroxyl groups is 1. The molecule has 0 bridgehead atoms. The zero-order valence-corrected chi connectivity index (χ0v) is 17.7. The van der Waals surface area contributed by atoms with Gasteiger partial charge in [-0.15, -0.1) is 0 Å². The predicted octanol–water partition coefficient (Wildman–Crippen LogP) is 2.20. The van der Waals surface area contributed by atoms with Crippen LogP contribution in [-0.2, 0) is 4.74 Å². The molecule has 8 heteroatoms. The number of aromatic nitrogens is 3. The zero-order valence-electron chi connectivity index (χ0n) is 17.7. The highest BCUT2D eigenvalue weighted by molar-refractivity contribution is 6.36. The lowest BCUT2D eigenvalue weighted by Crippen LogP contribution is -2.46. The van der Waals surface area contributed by atoms with E-state index in [4.69, 9.17) is 12.6 Å². The van der Waals surface area contributed by atoms with Crippen LogP contribution in [0.1, 0.15) is 25.7 Å². The summed E-state index contributed by atoms with van der Waals surface area (Å²) in [5, 5.41) is 18.3. The van der Waals surface area contributed by atoms with E-state index < -0.39 is 0 Å². The normalized spacial score (nSPS) is 20.8. The smallest absolute Gasteiger partial charge is 0.150 e. The van der Waals surface area contributed by atoms with Crippen LogP contribution < -0.4 is 10.8 Å². The molecule has 160 valence electrons. The predicted molar refractivity (Wildman–Crippen MR) is 122 cm³/mol. The summed E-state index contributed by atoms with van der Waals surface area (Å²) in [5.41, 5.74) is 2.46. The number of nitrogens with zero attached hydrogens (tertiary/aromatic N) is 4. The van der Waals surface area contributed by atoms with Crippen LogP contribution in [0.25, 0.3) is 16.9 Å². The molecule has 2 fully saturated rings. The number of benzene rings is 1. The molecule has 0 amide bonds. The van der Waals surface area contributed by atoms with Crippen molar-refractivity contribution < 1.29 is 9.84 Å². The molecule has 3 aromatic rings. The number of nitrogens with one attached hydrogen (secondary N) is 1. The summed E-state index contributed by atoms with van der Waals surface area (Å²) in [5.74, 6) is 1.60. The average Bonchev–Trinajstić information content (AvgIpc) is 3.19. The Balaban J connectivity index is 1.35. The summed E-state index contributed by atoms with van der Waals surface area (Å²) in [7, 11) is 6.12. The third kappa shape index (κ3) is 4.27. The third-order valence-corrected chi connectivity index (χ3v) is 6.51. The van der Waals surface area contributed by atoms with Gasteiger partial charge >= 0.3 is 0 Å². The first-order valence-electron chi connectivity index (χ1n) is 11.2. The lowest BCUT2D eigenvalue weighted by Gasteiger charge is -2.40. The van der Waals surface area contributed by atoms with Crippen LogP contribution in [0, 0.1) is 5.92 Å². The Morgan fingerprint density at radius 2 is 2.03 bits per heavy atom. The highest BCUT2D eigenvalue weighted by Crippen LogP contribution is 2.29. The fourth-order valence-corrected chi connectivity index (χ4v) is 4.83. The van der Waals surface area contributed by atoms with E-state index >= 15 is 0 Å². The van der Waals surface area contributed by atoms with Crippen molar-refractivity contribution in [1.82, 2.24) is 19.5 Å². The molecule has 0 spiro atoms. The minimum atomic E-state index is 0.197. The molecular weight excluding hydrogens is 389 g/mol. The highest BCUT2D eigenvalue weighted by atomic mass is 16.5. The molecule has 0 aliphatic carbocycles. The minimum absolute atomic E-state index is 0.197. The van der Waals surface area contributed by atoms with Gasteiger partial charge in [0.25, 0.3) is 0 Å². The summed E-state index contributed by atoms with van der Waals surface area (Å²) < 4.78 is 7.29. The maximum Gasteiger partial charge on any atom is 0.150 e. The van der Waals surface area contributed by atoms with E-state index in [0.717, 1.165) is 45.0 Å². The molecule has 2 aromatic heterocycles. The highest BCUT2D eigenvalue weighted by Gasteiger charge is 2.27. The fraction of sp³-hybridized carbons (Fsp3) is 0.478. The average molecular weight is 417 g/mol. The molecule has 2 aliphatic rings. The number of hydrogen-bond acceptors (Lipinski definition) is 6. The number of hydrogen-bond donors (Lipinski definition) is 2. The van der Waals surface area contributed by atoms with Crippen LogP contribution in [0.5, 0.6) is 5.75 Å². The molecule has 1 aromatic carbocycles. The van der Waals surface area contributed by atoms with Gasteiger partial charge in [-0.3, -0.25) is 4.90 Å². The number of phenols is 1. The number of rotatable bonds is 5. The zero-order chi connectivity index (χ0) is 21.2. The number of phenolic OH excluding ortho intramolecular Hbond substituents is 1. The number of para-hydroxylation sites is 1. The van der Waals surface area contributed by atoms with Crippen LogP contribution >= 0.6 is 0 Å². The van der Waals surface area contributed by atoms with E-state index in [1.54, 1.807) is 22.8 Å². The van der Waals surface area contributed by atoms with Crippen molar-refractivity contribution in [3.63, 3.8) is 0 Å². The van der Waals surface area contributed by atoms with Crippen molar-refractivity contribution in [3.05, 3.63) is 36.5 Å². The molecule has 0 saturated carbocycles. The van der Waals surface area contributed by atoms with E-state index in [1.807, 2.05) is 18.2 Å². The number of ether oxygens (including phenoxy) is 1.